The van der Waals surface area contributed by atoms with Gasteiger partial charge in [-0.1, -0.05) is 20.8 Å². The van der Waals surface area contributed by atoms with E-state index < -0.39 is 5.97 Å². The van der Waals surface area contributed by atoms with Gasteiger partial charge < -0.3 is 15.7 Å². The second-order valence-electron chi connectivity index (χ2n) is 6.03. The summed E-state index contributed by atoms with van der Waals surface area (Å²) in [6, 6.07) is 4.44. The first-order valence-electron chi connectivity index (χ1n) is 6.58. The Morgan fingerprint density at radius 2 is 1.90 bits per heavy atom. The average Bonchev–Trinajstić information content (AvgIpc) is 2.26. The third kappa shape index (κ3) is 5.30. The molecule has 1 aromatic carbocycles. The molecule has 0 fully saturated rings. The quantitative estimate of drug-likeness (QED) is 0.791. The summed E-state index contributed by atoms with van der Waals surface area (Å²) >= 11 is 0. The minimum absolute atomic E-state index is 0.174. The summed E-state index contributed by atoms with van der Waals surface area (Å²) < 4.78 is 0. The van der Waals surface area contributed by atoms with Crippen molar-refractivity contribution in [3.05, 3.63) is 29.3 Å². The Morgan fingerprint density at radius 3 is 2.40 bits per heavy atom. The summed E-state index contributed by atoms with van der Waals surface area (Å²) in [7, 11) is 0. The highest BCUT2D eigenvalue weighted by Crippen LogP contribution is 2.17. The van der Waals surface area contributed by atoms with Crippen LogP contribution in [0, 0.1) is 12.3 Å². The van der Waals surface area contributed by atoms with Gasteiger partial charge in [-0.25, -0.2) is 9.59 Å². The summed E-state index contributed by atoms with van der Waals surface area (Å²) in [5, 5.41) is 14.4. The second-order valence-corrected chi connectivity index (χ2v) is 6.03. The molecule has 2 amide bonds. The summed E-state index contributed by atoms with van der Waals surface area (Å²) in [4.78, 5) is 22.6. The molecule has 0 saturated carbocycles. The zero-order valence-corrected chi connectivity index (χ0v) is 12.4. The molecule has 0 aliphatic heterocycles. The van der Waals surface area contributed by atoms with Gasteiger partial charge in [0.25, 0.3) is 0 Å². The zero-order valence-electron chi connectivity index (χ0n) is 12.4. The molecule has 0 spiro atoms. The molecule has 0 radical (unpaired) electrons. The number of carbonyl (C=O) groups excluding carboxylic acids is 1. The lowest BCUT2D eigenvalue weighted by Gasteiger charge is -2.18. The SMILES string of the molecule is Cc1cc(NC(=O)NCCC(C)(C)C)ccc1C(=O)O. The molecule has 0 unspecified atom stereocenters. The van der Waals surface area contributed by atoms with Crippen LogP contribution in [0.1, 0.15) is 43.1 Å². The molecule has 0 saturated heterocycles. The van der Waals surface area contributed by atoms with Crippen LogP contribution < -0.4 is 10.6 Å². The highest BCUT2D eigenvalue weighted by Gasteiger charge is 2.11. The van der Waals surface area contributed by atoms with Crippen LogP contribution >= 0.6 is 0 Å². The first-order valence-corrected chi connectivity index (χ1v) is 6.58. The van der Waals surface area contributed by atoms with Crippen molar-refractivity contribution >= 4 is 17.7 Å². The maximum absolute atomic E-state index is 11.7. The molecule has 0 aliphatic carbocycles. The van der Waals surface area contributed by atoms with Crippen LogP contribution in [0.25, 0.3) is 0 Å². The number of nitrogens with one attached hydrogen (secondary N) is 2. The van der Waals surface area contributed by atoms with Gasteiger partial charge in [0, 0.05) is 12.2 Å². The third-order valence-electron chi connectivity index (χ3n) is 2.88. The number of aryl methyl sites for hydroxylation is 1. The summed E-state index contributed by atoms with van der Waals surface area (Å²) in [5.41, 5.74) is 1.61. The number of carbonyl (C=O) groups is 2. The predicted molar refractivity (Wildman–Crippen MR) is 79.2 cm³/mol. The van der Waals surface area contributed by atoms with Crippen LogP contribution in [0.15, 0.2) is 18.2 Å². The number of hydrogen-bond acceptors (Lipinski definition) is 2. The fourth-order valence-corrected chi connectivity index (χ4v) is 1.71. The number of urea groups is 1. The van der Waals surface area contributed by atoms with Crippen molar-refractivity contribution in [3.8, 4) is 0 Å². The Balaban J connectivity index is 2.54. The first-order chi connectivity index (χ1) is 9.19. The van der Waals surface area contributed by atoms with Gasteiger partial charge in [0.05, 0.1) is 5.56 Å². The lowest BCUT2D eigenvalue weighted by Crippen LogP contribution is -2.31. The van der Waals surface area contributed by atoms with Gasteiger partial charge in [0.1, 0.15) is 0 Å². The van der Waals surface area contributed by atoms with Crippen LogP contribution in [0.4, 0.5) is 10.5 Å². The van der Waals surface area contributed by atoms with Gasteiger partial charge in [0.2, 0.25) is 0 Å². The molecule has 0 bridgehead atoms. The second kappa shape index (κ2) is 6.41. The summed E-state index contributed by atoms with van der Waals surface area (Å²) in [6.45, 7) is 8.63. The van der Waals surface area contributed by atoms with Crippen LogP contribution in [0.2, 0.25) is 0 Å². The van der Waals surface area contributed by atoms with Crippen LogP contribution in [-0.2, 0) is 0 Å². The normalized spacial score (nSPS) is 11.0. The van der Waals surface area contributed by atoms with Crippen LogP contribution in [-0.4, -0.2) is 23.7 Å². The van der Waals surface area contributed by atoms with Crippen molar-refractivity contribution in [3.63, 3.8) is 0 Å². The van der Waals surface area contributed by atoms with Crippen molar-refractivity contribution in [2.45, 2.75) is 34.1 Å². The Kier molecular flexibility index (Phi) is 5.13. The van der Waals surface area contributed by atoms with Crippen molar-refractivity contribution in [2.75, 3.05) is 11.9 Å². The van der Waals surface area contributed by atoms with Crippen molar-refractivity contribution < 1.29 is 14.7 Å². The summed E-state index contributed by atoms with van der Waals surface area (Å²) in [6.07, 6.45) is 0.886. The molecule has 0 aliphatic rings. The summed E-state index contributed by atoms with van der Waals surface area (Å²) in [5.74, 6) is -0.969. The van der Waals surface area contributed by atoms with Gasteiger partial charge in [-0.05, 0) is 42.5 Å². The Labute approximate surface area is 119 Å². The lowest BCUT2D eigenvalue weighted by atomic mass is 9.92. The lowest BCUT2D eigenvalue weighted by molar-refractivity contribution is 0.0696. The molecule has 0 atom stereocenters. The fraction of sp³-hybridized carbons (Fsp3) is 0.467. The van der Waals surface area contributed by atoms with E-state index in [1.807, 2.05) is 0 Å². The van der Waals surface area contributed by atoms with E-state index in [9.17, 15) is 9.59 Å². The maximum Gasteiger partial charge on any atom is 0.335 e. The number of rotatable bonds is 4. The number of hydrogen-bond donors (Lipinski definition) is 3. The molecule has 5 heteroatoms. The number of benzene rings is 1. The van der Waals surface area contributed by atoms with Crippen LogP contribution in [0.3, 0.4) is 0 Å². The first kappa shape index (κ1) is 16.0. The molecular weight excluding hydrogens is 256 g/mol. The van der Waals surface area contributed by atoms with Gasteiger partial charge >= 0.3 is 12.0 Å². The standard InChI is InChI=1S/C15H22N2O3/c1-10-9-11(5-6-12(10)13(18)19)17-14(20)16-8-7-15(2,3)4/h5-6,9H,7-8H2,1-4H3,(H,18,19)(H2,16,17,20). The average molecular weight is 278 g/mol. The number of carboxylic acids is 1. The molecular formula is C15H22N2O3. The van der Waals surface area contributed by atoms with E-state index in [4.69, 9.17) is 5.11 Å². The molecule has 5 nitrogen and oxygen atoms in total. The van der Waals surface area contributed by atoms with E-state index in [2.05, 4.69) is 31.4 Å². The molecule has 3 N–H and O–H groups in total. The number of anilines is 1. The monoisotopic (exact) mass is 278 g/mol. The largest absolute Gasteiger partial charge is 0.478 e. The number of carboxylic acid groups (broad SMARTS) is 1. The maximum atomic E-state index is 11.7. The van der Waals surface area contributed by atoms with Crippen molar-refractivity contribution in [1.29, 1.82) is 0 Å². The van der Waals surface area contributed by atoms with Crippen molar-refractivity contribution in [2.24, 2.45) is 5.41 Å². The molecule has 110 valence electrons. The smallest absolute Gasteiger partial charge is 0.335 e. The number of amides is 2. The molecule has 20 heavy (non-hydrogen) atoms. The van der Waals surface area contributed by atoms with E-state index in [-0.39, 0.29) is 17.0 Å². The molecule has 1 rings (SSSR count). The Bertz CT molecular complexity index is 504. The predicted octanol–water partition coefficient (Wildman–Crippen LogP) is 3.25. The minimum atomic E-state index is -0.969. The molecule has 0 heterocycles. The van der Waals surface area contributed by atoms with Crippen LogP contribution in [0.5, 0.6) is 0 Å². The number of aromatic carboxylic acids is 1. The van der Waals surface area contributed by atoms with E-state index in [1.165, 1.54) is 6.07 Å². The Hall–Kier alpha value is -2.04. The fourth-order valence-electron chi connectivity index (χ4n) is 1.71. The van der Waals surface area contributed by atoms with Crippen molar-refractivity contribution in [1.82, 2.24) is 5.32 Å². The zero-order chi connectivity index (χ0) is 15.3. The van der Waals surface area contributed by atoms with E-state index in [0.29, 0.717) is 17.8 Å². The minimum Gasteiger partial charge on any atom is -0.478 e. The molecule has 1 aromatic rings. The third-order valence-corrected chi connectivity index (χ3v) is 2.88. The Morgan fingerprint density at radius 1 is 1.25 bits per heavy atom. The van der Waals surface area contributed by atoms with Gasteiger partial charge in [0.15, 0.2) is 0 Å². The highest BCUT2D eigenvalue weighted by atomic mass is 16.4. The van der Waals surface area contributed by atoms with E-state index >= 15 is 0 Å². The molecule has 0 aromatic heterocycles. The van der Waals surface area contributed by atoms with E-state index in [1.54, 1.807) is 19.1 Å². The van der Waals surface area contributed by atoms with E-state index in [0.717, 1.165) is 6.42 Å². The topological polar surface area (TPSA) is 78.4 Å². The van der Waals surface area contributed by atoms with Gasteiger partial charge in [-0.15, -0.1) is 0 Å². The van der Waals surface area contributed by atoms with Gasteiger partial charge in [-0.3, -0.25) is 0 Å². The highest BCUT2D eigenvalue weighted by molar-refractivity contribution is 5.92. The van der Waals surface area contributed by atoms with Gasteiger partial charge in [-0.2, -0.15) is 0 Å².